The number of hydrogen-bond acceptors (Lipinski definition) is 3. The quantitative estimate of drug-likeness (QED) is 0.575. The SMILES string of the molecule is CCOC(=O)CCC(Cl)c1ccsc1. The second-order valence-electron chi connectivity index (χ2n) is 2.87. The summed E-state index contributed by atoms with van der Waals surface area (Å²) in [6.07, 6.45) is 1.02. The number of ether oxygens (including phenoxy) is 1. The molecule has 0 N–H and O–H groups in total. The molecule has 1 atom stereocenters. The summed E-state index contributed by atoms with van der Waals surface area (Å²) in [4.78, 5) is 11.0. The van der Waals surface area contributed by atoms with Crippen LogP contribution in [0, 0.1) is 0 Å². The third-order valence-corrected chi connectivity index (χ3v) is 2.98. The Morgan fingerprint density at radius 1 is 1.71 bits per heavy atom. The smallest absolute Gasteiger partial charge is 0.305 e. The Hall–Kier alpha value is -0.540. The van der Waals surface area contributed by atoms with Crippen LogP contribution in [0.15, 0.2) is 16.8 Å². The van der Waals surface area contributed by atoms with Crippen molar-refractivity contribution >= 4 is 28.9 Å². The number of thiophene rings is 1. The Balaban J connectivity index is 2.28. The Morgan fingerprint density at radius 3 is 3.07 bits per heavy atom. The second-order valence-corrected chi connectivity index (χ2v) is 4.17. The van der Waals surface area contributed by atoms with Gasteiger partial charge >= 0.3 is 5.97 Å². The van der Waals surface area contributed by atoms with Crippen molar-refractivity contribution in [3.8, 4) is 0 Å². The Labute approximate surface area is 92.8 Å². The predicted octanol–water partition coefficient (Wildman–Crippen LogP) is 3.37. The minimum atomic E-state index is -0.173. The molecule has 1 rings (SSSR count). The van der Waals surface area contributed by atoms with E-state index in [1.54, 1.807) is 18.3 Å². The van der Waals surface area contributed by atoms with Crippen molar-refractivity contribution in [1.82, 2.24) is 0 Å². The maximum atomic E-state index is 11.0. The second kappa shape index (κ2) is 6.04. The lowest BCUT2D eigenvalue weighted by Gasteiger charge is -2.06. The lowest BCUT2D eigenvalue weighted by Crippen LogP contribution is -2.04. The molecule has 1 heterocycles. The minimum absolute atomic E-state index is 0.0781. The zero-order valence-electron chi connectivity index (χ0n) is 8.03. The van der Waals surface area contributed by atoms with E-state index in [0.29, 0.717) is 19.4 Å². The molecule has 0 aliphatic heterocycles. The van der Waals surface area contributed by atoms with E-state index in [-0.39, 0.29) is 11.3 Å². The summed E-state index contributed by atoms with van der Waals surface area (Å²) in [5, 5.41) is 3.91. The minimum Gasteiger partial charge on any atom is -0.466 e. The Bertz CT molecular complexity index is 272. The van der Waals surface area contributed by atoms with Crippen LogP contribution in [0.4, 0.5) is 0 Å². The highest BCUT2D eigenvalue weighted by Crippen LogP contribution is 2.27. The van der Waals surface area contributed by atoms with Gasteiger partial charge in [-0.3, -0.25) is 4.79 Å². The van der Waals surface area contributed by atoms with Crippen molar-refractivity contribution in [2.75, 3.05) is 6.61 Å². The van der Waals surface area contributed by atoms with Crippen LogP contribution >= 0.6 is 22.9 Å². The maximum absolute atomic E-state index is 11.0. The van der Waals surface area contributed by atoms with Gasteiger partial charge < -0.3 is 4.74 Å². The molecule has 4 heteroatoms. The van der Waals surface area contributed by atoms with Crippen LogP contribution in [0.3, 0.4) is 0 Å². The fourth-order valence-electron chi connectivity index (χ4n) is 1.10. The van der Waals surface area contributed by atoms with Crippen LogP contribution in [-0.2, 0) is 9.53 Å². The first-order valence-corrected chi connectivity index (χ1v) is 5.93. The molecule has 0 bridgehead atoms. The van der Waals surface area contributed by atoms with Gasteiger partial charge in [-0.15, -0.1) is 11.6 Å². The van der Waals surface area contributed by atoms with E-state index in [9.17, 15) is 4.79 Å². The molecule has 1 unspecified atom stereocenters. The Morgan fingerprint density at radius 2 is 2.50 bits per heavy atom. The van der Waals surface area contributed by atoms with Crippen LogP contribution < -0.4 is 0 Å². The first kappa shape index (κ1) is 11.5. The molecule has 0 saturated heterocycles. The standard InChI is InChI=1S/C10H13ClO2S/c1-2-13-10(12)4-3-9(11)8-5-6-14-7-8/h5-7,9H,2-4H2,1H3. The third-order valence-electron chi connectivity index (χ3n) is 1.81. The molecule has 0 saturated carbocycles. The van der Waals surface area contributed by atoms with Gasteiger partial charge in [0.2, 0.25) is 0 Å². The predicted molar refractivity (Wildman–Crippen MR) is 58.8 cm³/mol. The summed E-state index contributed by atoms with van der Waals surface area (Å²) >= 11 is 7.70. The van der Waals surface area contributed by atoms with Gasteiger partial charge in [-0.05, 0) is 35.7 Å². The Kier molecular flexibility index (Phi) is 4.98. The number of carbonyl (C=O) groups is 1. The molecule has 78 valence electrons. The fourth-order valence-corrected chi connectivity index (χ4v) is 2.13. The van der Waals surface area contributed by atoms with Crippen LogP contribution in [0.25, 0.3) is 0 Å². The highest BCUT2D eigenvalue weighted by Gasteiger charge is 2.11. The summed E-state index contributed by atoms with van der Waals surface area (Å²) in [6.45, 7) is 2.24. The highest BCUT2D eigenvalue weighted by molar-refractivity contribution is 7.08. The zero-order valence-corrected chi connectivity index (χ0v) is 9.61. The topological polar surface area (TPSA) is 26.3 Å². The molecule has 14 heavy (non-hydrogen) atoms. The van der Waals surface area contributed by atoms with Gasteiger partial charge in [0.1, 0.15) is 0 Å². The van der Waals surface area contributed by atoms with Crippen LogP contribution in [0.5, 0.6) is 0 Å². The molecule has 0 amide bonds. The first-order valence-electron chi connectivity index (χ1n) is 4.55. The lowest BCUT2D eigenvalue weighted by molar-refractivity contribution is -0.143. The van der Waals surface area contributed by atoms with E-state index < -0.39 is 0 Å². The van der Waals surface area contributed by atoms with Crippen molar-refractivity contribution in [1.29, 1.82) is 0 Å². The molecule has 0 spiro atoms. The van der Waals surface area contributed by atoms with E-state index in [1.807, 2.05) is 16.8 Å². The third kappa shape index (κ3) is 3.68. The number of carbonyl (C=O) groups excluding carboxylic acids is 1. The molecule has 0 radical (unpaired) electrons. The fraction of sp³-hybridized carbons (Fsp3) is 0.500. The average Bonchev–Trinajstić information content (AvgIpc) is 2.67. The summed E-state index contributed by atoms with van der Waals surface area (Å²) in [5.74, 6) is -0.173. The van der Waals surface area contributed by atoms with Gasteiger partial charge in [-0.2, -0.15) is 11.3 Å². The summed E-state index contributed by atoms with van der Waals surface area (Å²) in [5.41, 5.74) is 1.08. The van der Waals surface area contributed by atoms with Crippen molar-refractivity contribution in [2.45, 2.75) is 25.1 Å². The first-order chi connectivity index (χ1) is 6.74. The van der Waals surface area contributed by atoms with Crippen molar-refractivity contribution in [3.05, 3.63) is 22.4 Å². The van der Waals surface area contributed by atoms with Crippen LogP contribution in [0.1, 0.15) is 30.7 Å². The maximum Gasteiger partial charge on any atom is 0.305 e. The van der Waals surface area contributed by atoms with Crippen LogP contribution in [-0.4, -0.2) is 12.6 Å². The van der Waals surface area contributed by atoms with E-state index >= 15 is 0 Å². The number of esters is 1. The molecule has 0 fully saturated rings. The van der Waals surface area contributed by atoms with Gasteiger partial charge in [-0.25, -0.2) is 0 Å². The van der Waals surface area contributed by atoms with Crippen molar-refractivity contribution in [3.63, 3.8) is 0 Å². The largest absolute Gasteiger partial charge is 0.466 e. The molecule has 0 aromatic carbocycles. The van der Waals surface area contributed by atoms with E-state index in [2.05, 4.69) is 0 Å². The van der Waals surface area contributed by atoms with Gasteiger partial charge in [0.25, 0.3) is 0 Å². The number of hydrogen-bond donors (Lipinski definition) is 0. The summed E-state index contributed by atoms with van der Waals surface area (Å²) in [7, 11) is 0. The van der Waals surface area contributed by atoms with Gasteiger partial charge in [0, 0.05) is 6.42 Å². The highest BCUT2D eigenvalue weighted by atomic mass is 35.5. The molecular formula is C10H13ClO2S. The molecule has 1 aromatic rings. The van der Waals surface area contributed by atoms with Crippen LogP contribution in [0.2, 0.25) is 0 Å². The molecule has 0 aliphatic rings. The number of halogens is 1. The average molecular weight is 233 g/mol. The molecule has 2 nitrogen and oxygen atoms in total. The summed E-state index contributed by atoms with van der Waals surface area (Å²) < 4.78 is 4.81. The van der Waals surface area contributed by atoms with E-state index in [0.717, 1.165) is 5.56 Å². The molecular weight excluding hydrogens is 220 g/mol. The molecule has 0 aliphatic carbocycles. The van der Waals surface area contributed by atoms with E-state index in [4.69, 9.17) is 16.3 Å². The lowest BCUT2D eigenvalue weighted by atomic mass is 10.1. The number of rotatable bonds is 5. The van der Waals surface area contributed by atoms with Gasteiger partial charge in [0.05, 0.1) is 12.0 Å². The van der Waals surface area contributed by atoms with Gasteiger partial charge in [-0.1, -0.05) is 0 Å². The van der Waals surface area contributed by atoms with E-state index in [1.165, 1.54) is 0 Å². The van der Waals surface area contributed by atoms with Crippen molar-refractivity contribution in [2.24, 2.45) is 0 Å². The van der Waals surface area contributed by atoms with Crippen molar-refractivity contribution < 1.29 is 9.53 Å². The molecule has 1 aromatic heterocycles. The normalized spacial score (nSPS) is 12.4. The monoisotopic (exact) mass is 232 g/mol. The summed E-state index contributed by atoms with van der Waals surface area (Å²) in [6, 6.07) is 1.98. The van der Waals surface area contributed by atoms with Gasteiger partial charge in [0.15, 0.2) is 0 Å². The number of alkyl halides is 1. The zero-order chi connectivity index (χ0) is 10.4.